The number of hydrogen-bond donors (Lipinski definition) is 2. The summed E-state index contributed by atoms with van der Waals surface area (Å²) < 4.78 is 5.39. The number of imide groups is 1. The molecular weight excluding hydrogens is 400 g/mol. The van der Waals surface area contributed by atoms with Gasteiger partial charge in [-0.3, -0.25) is 20.2 Å². The second-order valence-electron chi connectivity index (χ2n) is 6.69. The van der Waals surface area contributed by atoms with Crippen LogP contribution >= 0.6 is 11.8 Å². The standard InChI is InChI=1S/C23H18N2O4S/c26-21-20(30-23(28)25-21)13-15-9-11-16(12-10-15)17-5-4-8-19(14-17)29-22(27)24-18-6-2-1-3-7-18/h1-12,14,20H,13H2,(H,24,27)(H,25,26,28). The van der Waals surface area contributed by atoms with Crippen LogP contribution in [0.5, 0.6) is 5.75 Å². The molecule has 0 radical (unpaired) electrons. The zero-order valence-electron chi connectivity index (χ0n) is 15.8. The Morgan fingerprint density at radius 2 is 1.70 bits per heavy atom. The van der Waals surface area contributed by atoms with Gasteiger partial charge in [-0.05, 0) is 47.4 Å². The van der Waals surface area contributed by atoms with Crippen LogP contribution in [0.3, 0.4) is 0 Å². The predicted octanol–water partition coefficient (Wildman–Crippen LogP) is 4.86. The van der Waals surface area contributed by atoms with E-state index in [9.17, 15) is 14.4 Å². The number of ether oxygens (including phenoxy) is 1. The second kappa shape index (κ2) is 8.84. The molecule has 2 N–H and O–H groups in total. The van der Waals surface area contributed by atoms with E-state index in [2.05, 4.69) is 10.6 Å². The molecule has 30 heavy (non-hydrogen) atoms. The summed E-state index contributed by atoms with van der Waals surface area (Å²) in [5.74, 6) is 0.190. The lowest BCUT2D eigenvalue weighted by molar-refractivity contribution is -0.118. The summed E-state index contributed by atoms with van der Waals surface area (Å²) in [6, 6.07) is 24.1. The van der Waals surface area contributed by atoms with E-state index in [0.29, 0.717) is 17.9 Å². The van der Waals surface area contributed by atoms with Gasteiger partial charge in [0.1, 0.15) is 5.75 Å². The molecule has 1 saturated heterocycles. The summed E-state index contributed by atoms with van der Waals surface area (Å²) >= 11 is 1.02. The maximum absolute atomic E-state index is 12.1. The van der Waals surface area contributed by atoms with Crippen molar-refractivity contribution in [3.8, 4) is 16.9 Å². The number of thioether (sulfide) groups is 1. The van der Waals surface area contributed by atoms with Crippen molar-refractivity contribution in [3.63, 3.8) is 0 Å². The van der Waals surface area contributed by atoms with E-state index in [-0.39, 0.29) is 16.4 Å². The molecule has 1 atom stereocenters. The minimum absolute atomic E-state index is 0.243. The smallest absolute Gasteiger partial charge is 0.410 e. The van der Waals surface area contributed by atoms with Crippen LogP contribution in [0.25, 0.3) is 11.1 Å². The molecule has 3 amide bonds. The Bertz CT molecular complexity index is 1080. The zero-order chi connectivity index (χ0) is 20.9. The number of benzene rings is 3. The van der Waals surface area contributed by atoms with Crippen molar-refractivity contribution in [1.82, 2.24) is 5.32 Å². The van der Waals surface area contributed by atoms with Gasteiger partial charge in [-0.1, -0.05) is 66.4 Å². The molecular formula is C23H18N2O4S. The Balaban J connectivity index is 1.41. The van der Waals surface area contributed by atoms with E-state index in [4.69, 9.17) is 4.74 Å². The van der Waals surface area contributed by atoms with Gasteiger partial charge in [0.25, 0.3) is 5.24 Å². The van der Waals surface area contributed by atoms with Crippen molar-refractivity contribution in [2.75, 3.05) is 5.32 Å². The van der Waals surface area contributed by atoms with Gasteiger partial charge >= 0.3 is 6.09 Å². The normalized spacial score (nSPS) is 15.5. The van der Waals surface area contributed by atoms with E-state index < -0.39 is 6.09 Å². The van der Waals surface area contributed by atoms with Gasteiger partial charge in [0.15, 0.2) is 0 Å². The molecule has 0 spiro atoms. The molecule has 0 bridgehead atoms. The number of hydrogen-bond acceptors (Lipinski definition) is 5. The lowest BCUT2D eigenvalue weighted by Gasteiger charge is -2.09. The van der Waals surface area contributed by atoms with Gasteiger partial charge in [-0.15, -0.1) is 0 Å². The Hall–Kier alpha value is -3.58. The van der Waals surface area contributed by atoms with Crippen LogP contribution in [0.4, 0.5) is 15.3 Å². The Kier molecular flexibility index (Phi) is 5.81. The van der Waals surface area contributed by atoms with Gasteiger partial charge in [0.05, 0.1) is 5.25 Å². The first kappa shape index (κ1) is 19.7. The highest BCUT2D eigenvalue weighted by Gasteiger charge is 2.31. The van der Waals surface area contributed by atoms with Crippen molar-refractivity contribution in [2.24, 2.45) is 0 Å². The average molecular weight is 418 g/mol. The van der Waals surface area contributed by atoms with Crippen molar-refractivity contribution >= 4 is 34.7 Å². The second-order valence-corrected chi connectivity index (χ2v) is 7.87. The SMILES string of the molecule is O=C(Nc1ccccc1)Oc1cccc(-c2ccc(CC3SC(=O)NC3=O)cc2)c1. The average Bonchev–Trinajstić information content (AvgIpc) is 3.06. The first-order chi connectivity index (χ1) is 14.6. The Morgan fingerprint density at radius 3 is 2.40 bits per heavy atom. The minimum atomic E-state index is -0.560. The first-order valence-corrected chi connectivity index (χ1v) is 10.2. The molecule has 1 unspecified atom stereocenters. The monoisotopic (exact) mass is 418 g/mol. The predicted molar refractivity (Wildman–Crippen MR) is 117 cm³/mol. The van der Waals surface area contributed by atoms with Crippen LogP contribution in [-0.4, -0.2) is 22.5 Å². The molecule has 3 aromatic carbocycles. The highest BCUT2D eigenvalue weighted by atomic mass is 32.2. The van der Waals surface area contributed by atoms with Crippen LogP contribution in [0.15, 0.2) is 78.9 Å². The van der Waals surface area contributed by atoms with Crippen LogP contribution in [-0.2, 0) is 11.2 Å². The fraction of sp³-hybridized carbons (Fsp3) is 0.0870. The maximum Gasteiger partial charge on any atom is 0.417 e. The molecule has 1 heterocycles. The van der Waals surface area contributed by atoms with Crippen molar-refractivity contribution < 1.29 is 19.1 Å². The van der Waals surface area contributed by atoms with Gasteiger partial charge in [0.2, 0.25) is 5.91 Å². The summed E-state index contributed by atoms with van der Waals surface area (Å²) in [5, 5.41) is 4.30. The van der Waals surface area contributed by atoms with Crippen LogP contribution in [0.1, 0.15) is 5.56 Å². The molecule has 1 aliphatic heterocycles. The van der Waals surface area contributed by atoms with E-state index in [0.717, 1.165) is 28.5 Å². The highest BCUT2D eigenvalue weighted by molar-refractivity contribution is 8.15. The van der Waals surface area contributed by atoms with Crippen molar-refractivity contribution in [1.29, 1.82) is 0 Å². The maximum atomic E-state index is 12.1. The van der Waals surface area contributed by atoms with Crippen molar-refractivity contribution in [2.45, 2.75) is 11.7 Å². The van der Waals surface area contributed by atoms with E-state index in [1.165, 1.54) is 0 Å². The third-order valence-electron chi connectivity index (χ3n) is 4.54. The highest BCUT2D eigenvalue weighted by Crippen LogP contribution is 2.27. The summed E-state index contributed by atoms with van der Waals surface area (Å²) in [6.45, 7) is 0. The third-order valence-corrected chi connectivity index (χ3v) is 5.52. The number of rotatable bonds is 5. The van der Waals surface area contributed by atoms with Gasteiger partial charge in [0, 0.05) is 5.69 Å². The molecule has 7 heteroatoms. The molecule has 6 nitrogen and oxygen atoms in total. The third kappa shape index (κ3) is 4.87. The molecule has 4 rings (SSSR count). The molecule has 1 aliphatic rings. The van der Waals surface area contributed by atoms with E-state index in [1.54, 1.807) is 24.3 Å². The van der Waals surface area contributed by atoms with Gasteiger partial charge in [-0.2, -0.15) is 0 Å². The summed E-state index contributed by atoms with van der Waals surface area (Å²) in [4.78, 5) is 35.1. The van der Waals surface area contributed by atoms with Gasteiger partial charge < -0.3 is 4.74 Å². The lowest BCUT2D eigenvalue weighted by Crippen LogP contribution is -2.25. The topological polar surface area (TPSA) is 84.5 Å². The lowest BCUT2D eigenvalue weighted by atomic mass is 10.0. The number of amides is 3. The number of nitrogens with one attached hydrogen (secondary N) is 2. The van der Waals surface area contributed by atoms with E-state index >= 15 is 0 Å². The molecule has 0 aliphatic carbocycles. The quantitative estimate of drug-likeness (QED) is 0.618. The van der Waals surface area contributed by atoms with Gasteiger partial charge in [-0.25, -0.2) is 4.79 Å². The molecule has 0 aromatic heterocycles. The fourth-order valence-corrected chi connectivity index (χ4v) is 3.95. The minimum Gasteiger partial charge on any atom is -0.410 e. The van der Waals surface area contributed by atoms with Crippen LogP contribution < -0.4 is 15.4 Å². The van der Waals surface area contributed by atoms with Crippen molar-refractivity contribution in [3.05, 3.63) is 84.4 Å². The number of anilines is 1. The van der Waals surface area contributed by atoms with Crippen LogP contribution in [0, 0.1) is 0 Å². The van der Waals surface area contributed by atoms with E-state index in [1.807, 2.05) is 54.6 Å². The Labute approximate surface area is 177 Å². The largest absolute Gasteiger partial charge is 0.417 e. The molecule has 1 fully saturated rings. The number of para-hydroxylation sites is 1. The summed E-state index contributed by atoms with van der Waals surface area (Å²) in [7, 11) is 0. The summed E-state index contributed by atoms with van der Waals surface area (Å²) in [6.07, 6.45) is -0.0682. The number of carbonyl (C=O) groups excluding carboxylic acids is 3. The molecule has 150 valence electrons. The number of carbonyl (C=O) groups is 3. The first-order valence-electron chi connectivity index (χ1n) is 9.31. The molecule has 3 aromatic rings. The molecule has 0 saturated carbocycles. The van der Waals surface area contributed by atoms with Crippen LogP contribution in [0.2, 0.25) is 0 Å². The fourth-order valence-electron chi connectivity index (χ4n) is 3.09. The zero-order valence-corrected chi connectivity index (χ0v) is 16.6. The Morgan fingerprint density at radius 1 is 0.933 bits per heavy atom. The summed E-state index contributed by atoms with van der Waals surface area (Å²) in [5.41, 5.74) is 3.47.